The van der Waals surface area contributed by atoms with Crippen LogP contribution in [0.5, 0.6) is 0 Å². The molecule has 2 aliphatic heterocycles. The van der Waals surface area contributed by atoms with Crippen molar-refractivity contribution in [2.45, 2.75) is 69.0 Å². The van der Waals surface area contributed by atoms with E-state index in [0.717, 1.165) is 13.5 Å². The van der Waals surface area contributed by atoms with Crippen molar-refractivity contribution in [2.75, 3.05) is 6.61 Å². The summed E-state index contributed by atoms with van der Waals surface area (Å²) in [6, 6.07) is 0. The Bertz CT molecular complexity index is 432. The average Bonchev–Trinajstić information content (AvgIpc) is 2.53. The molecule has 10 heteroatoms. The van der Waals surface area contributed by atoms with Gasteiger partial charge in [-0.1, -0.05) is 0 Å². The number of ether oxygens (including phenoxy) is 4. The van der Waals surface area contributed by atoms with E-state index in [9.17, 15) is 25.2 Å². The summed E-state index contributed by atoms with van der Waals surface area (Å²) in [6.07, 6.45) is -11.2. The van der Waals surface area contributed by atoms with Crippen LogP contribution in [0.15, 0.2) is 0 Å². The Kier molecular flexibility index (Phi) is 6.51. The van der Waals surface area contributed by atoms with E-state index in [-0.39, 0.29) is 0 Å². The van der Waals surface area contributed by atoms with Gasteiger partial charge in [0, 0.05) is 6.92 Å². The zero-order valence-electron chi connectivity index (χ0n) is 13.3. The SMILES string of the molecule is CC(=O)O[C@@H]1[C@@H](O)[C@@H](O)[C@H](O[C@H]2[CH]O[C@H](CO)[C@@H](O)[C@@H]2O)O[C@H]1C. The van der Waals surface area contributed by atoms with Gasteiger partial charge in [-0.05, 0) is 6.92 Å². The molecule has 2 rings (SSSR count). The van der Waals surface area contributed by atoms with Crippen LogP contribution < -0.4 is 0 Å². The first-order valence-electron chi connectivity index (χ1n) is 7.56. The van der Waals surface area contributed by atoms with Crippen molar-refractivity contribution in [1.82, 2.24) is 0 Å². The number of carbonyl (C=O) groups excluding carboxylic acids is 1. The smallest absolute Gasteiger partial charge is 0.303 e. The van der Waals surface area contributed by atoms with Crippen LogP contribution in [0.4, 0.5) is 0 Å². The van der Waals surface area contributed by atoms with Crippen LogP contribution in [-0.2, 0) is 23.7 Å². The largest absolute Gasteiger partial charge is 0.457 e. The van der Waals surface area contributed by atoms with Crippen molar-refractivity contribution in [3.63, 3.8) is 0 Å². The fraction of sp³-hybridized carbons (Fsp3) is 0.857. The molecule has 2 saturated heterocycles. The summed E-state index contributed by atoms with van der Waals surface area (Å²) in [5, 5.41) is 49.0. The Labute approximate surface area is 138 Å². The van der Waals surface area contributed by atoms with E-state index in [1.807, 2.05) is 0 Å². The molecule has 0 aromatic rings. The van der Waals surface area contributed by atoms with Crippen LogP contribution in [0, 0.1) is 6.61 Å². The lowest BCUT2D eigenvalue weighted by atomic mass is 9.98. The maximum Gasteiger partial charge on any atom is 0.303 e. The maximum atomic E-state index is 11.0. The van der Waals surface area contributed by atoms with Crippen molar-refractivity contribution in [2.24, 2.45) is 0 Å². The van der Waals surface area contributed by atoms with Crippen molar-refractivity contribution < 1.29 is 49.3 Å². The first-order chi connectivity index (χ1) is 11.3. The molecule has 0 spiro atoms. The molecule has 139 valence electrons. The Morgan fingerprint density at radius 1 is 1.12 bits per heavy atom. The second kappa shape index (κ2) is 8.02. The van der Waals surface area contributed by atoms with Crippen molar-refractivity contribution in [3.8, 4) is 0 Å². The number of carbonyl (C=O) groups is 1. The standard InChI is InChI=1S/C14H23O10/c1-5-13(23-6(2)16)11(19)12(20)14(22-5)24-8-4-21-7(3-15)9(17)10(8)18/h4-5,7-15,17-20H,3H2,1-2H3/t5-,7+,8-,9+,10+,11-,12+,13-,14-/m0/s1. The Morgan fingerprint density at radius 3 is 2.38 bits per heavy atom. The molecule has 0 bridgehead atoms. The number of aliphatic hydroxyl groups is 5. The van der Waals surface area contributed by atoms with Gasteiger partial charge in [-0.25, -0.2) is 0 Å². The van der Waals surface area contributed by atoms with Crippen LogP contribution in [0.1, 0.15) is 13.8 Å². The van der Waals surface area contributed by atoms with Gasteiger partial charge in [-0.2, -0.15) is 0 Å². The quantitative estimate of drug-likeness (QED) is 0.332. The van der Waals surface area contributed by atoms with Gasteiger partial charge in [0.1, 0.15) is 43.2 Å². The highest BCUT2D eigenvalue weighted by Gasteiger charge is 2.48. The lowest BCUT2D eigenvalue weighted by Gasteiger charge is -2.43. The second-order valence-electron chi connectivity index (χ2n) is 5.84. The van der Waals surface area contributed by atoms with E-state index >= 15 is 0 Å². The van der Waals surface area contributed by atoms with E-state index in [1.165, 1.54) is 6.92 Å². The minimum Gasteiger partial charge on any atom is -0.457 e. The summed E-state index contributed by atoms with van der Waals surface area (Å²) in [5.74, 6) is -0.635. The summed E-state index contributed by atoms with van der Waals surface area (Å²) in [5.41, 5.74) is 0. The fourth-order valence-electron chi connectivity index (χ4n) is 2.64. The number of rotatable bonds is 4. The molecule has 0 aromatic heterocycles. The highest BCUT2D eigenvalue weighted by molar-refractivity contribution is 5.66. The van der Waals surface area contributed by atoms with E-state index in [1.54, 1.807) is 0 Å². The van der Waals surface area contributed by atoms with E-state index in [2.05, 4.69) is 0 Å². The summed E-state index contributed by atoms with van der Waals surface area (Å²) in [7, 11) is 0. The van der Waals surface area contributed by atoms with Crippen molar-refractivity contribution in [3.05, 3.63) is 6.61 Å². The van der Waals surface area contributed by atoms with Crippen LogP contribution in [0.25, 0.3) is 0 Å². The van der Waals surface area contributed by atoms with Gasteiger partial charge in [-0.15, -0.1) is 0 Å². The molecule has 0 unspecified atom stereocenters. The zero-order chi connectivity index (χ0) is 18.0. The Balaban J connectivity index is 1.99. The molecule has 2 heterocycles. The molecule has 0 saturated carbocycles. The number of hydrogen-bond acceptors (Lipinski definition) is 10. The summed E-state index contributed by atoms with van der Waals surface area (Å²) in [6.45, 7) is 3.26. The van der Waals surface area contributed by atoms with Crippen LogP contribution in [0.3, 0.4) is 0 Å². The Hall–Kier alpha value is -0.850. The van der Waals surface area contributed by atoms with Gasteiger partial charge >= 0.3 is 5.97 Å². The van der Waals surface area contributed by atoms with Crippen LogP contribution >= 0.6 is 0 Å². The molecule has 1 radical (unpaired) electrons. The van der Waals surface area contributed by atoms with Crippen LogP contribution in [0.2, 0.25) is 0 Å². The minimum absolute atomic E-state index is 0.496. The van der Waals surface area contributed by atoms with Gasteiger partial charge < -0.3 is 44.5 Å². The first kappa shape index (κ1) is 19.5. The number of aliphatic hydroxyl groups excluding tert-OH is 5. The topological polar surface area (TPSA) is 155 Å². The number of esters is 1. The average molecular weight is 351 g/mol. The lowest BCUT2D eigenvalue weighted by Crippen LogP contribution is -2.61. The molecule has 0 aromatic carbocycles. The van der Waals surface area contributed by atoms with Gasteiger partial charge in [0.05, 0.1) is 12.7 Å². The Morgan fingerprint density at radius 2 is 1.79 bits per heavy atom. The maximum absolute atomic E-state index is 11.0. The highest BCUT2D eigenvalue weighted by atomic mass is 16.7. The molecule has 5 N–H and O–H groups in total. The van der Waals surface area contributed by atoms with Crippen molar-refractivity contribution in [1.29, 1.82) is 0 Å². The van der Waals surface area contributed by atoms with Crippen molar-refractivity contribution >= 4 is 5.97 Å². The minimum atomic E-state index is -1.56. The van der Waals surface area contributed by atoms with Gasteiger partial charge in [0.2, 0.25) is 0 Å². The molecular weight excluding hydrogens is 328 g/mol. The summed E-state index contributed by atoms with van der Waals surface area (Å²) >= 11 is 0. The first-order valence-corrected chi connectivity index (χ1v) is 7.56. The normalized spacial score (nSPS) is 46.5. The molecule has 9 atom stereocenters. The van der Waals surface area contributed by atoms with E-state index in [4.69, 9.17) is 24.1 Å². The number of hydrogen-bond donors (Lipinski definition) is 5. The van der Waals surface area contributed by atoms with Gasteiger partial charge in [-0.3, -0.25) is 4.79 Å². The van der Waals surface area contributed by atoms with E-state index < -0.39 is 67.7 Å². The monoisotopic (exact) mass is 351 g/mol. The second-order valence-corrected chi connectivity index (χ2v) is 5.84. The third kappa shape index (κ3) is 4.03. The third-order valence-electron chi connectivity index (χ3n) is 4.00. The van der Waals surface area contributed by atoms with Crippen LogP contribution in [-0.4, -0.2) is 93.2 Å². The molecule has 24 heavy (non-hydrogen) atoms. The predicted octanol–water partition coefficient (Wildman–Crippen LogP) is -2.96. The molecule has 10 nitrogen and oxygen atoms in total. The summed E-state index contributed by atoms with van der Waals surface area (Å²) < 4.78 is 20.7. The highest BCUT2D eigenvalue weighted by Crippen LogP contribution is 2.28. The predicted molar refractivity (Wildman–Crippen MR) is 75.0 cm³/mol. The lowest BCUT2D eigenvalue weighted by molar-refractivity contribution is -0.320. The molecule has 2 aliphatic rings. The molecular formula is C14H23O10. The zero-order valence-corrected chi connectivity index (χ0v) is 13.3. The summed E-state index contributed by atoms with van der Waals surface area (Å²) in [4.78, 5) is 11.0. The van der Waals surface area contributed by atoms with Gasteiger partial charge in [0.25, 0.3) is 0 Å². The molecule has 0 aliphatic carbocycles. The third-order valence-corrected chi connectivity index (χ3v) is 4.00. The fourth-order valence-corrected chi connectivity index (χ4v) is 2.64. The molecule has 0 amide bonds. The molecule has 2 fully saturated rings. The van der Waals surface area contributed by atoms with E-state index in [0.29, 0.717) is 0 Å². The van der Waals surface area contributed by atoms with Gasteiger partial charge in [0.15, 0.2) is 12.4 Å².